The van der Waals surface area contributed by atoms with Gasteiger partial charge in [-0.2, -0.15) is 4.31 Å². The van der Waals surface area contributed by atoms with Gasteiger partial charge in [0.05, 0.1) is 5.75 Å². The van der Waals surface area contributed by atoms with Crippen LogP contribution in [0.5, 0.6) is 0 Å². The molecule has 1 aromatic carbocycles. The normalized spacial score (nSPS) is 13.9. The first-order valence-electron chi connectivity index (χ1n) is 5.70. The van der Waals surface area contributed by atoms with Gasteiger partial charge in [0.25, 0.3) is 0 Å². The fourth-order valence-corrected chi connectivity index (χ4v) is 3.07. The van der Waals surface area contributed by atoms with Crippen molar-refractivity contribution in [3.8, 4) is 0 Å². The predicted molar refractivity (Wildman–Crippen MR) is 66.6 cm³/mol. The van der Waals surface area contributed by atoms with E-state index in [1.54, 1.807) is 6.92 Å². The second-order valence-corrected chi connectivity index (χ2v) is 6.32. The fraction of sp³-hybridized carbons (Fsp3) is 0.500. The zero-order valence-corrected chi connectivity index (χ0v) is 11.5. The standard InChI is InChI=1S/C12H17F2NO2S/c1-4-7-18(16,17)15(3)9(2)11-8-10(13)5-6-12(11)14/h5-6,8-9H,4,7H2,1-3H3. The Hall–Kier alpha value is -1.01. The van der Waals surface area contributed by atoms with Crippen molar-refractivity contribution in [2.45, 2.75) is 26.3 Å². The first kappa shape index (κ1) is 15.0. The van der Waals surface area contributed by atoms with Crippen molar-refractivity contribution < 1.29 is 17.2 Å². The number of benzene rings is 1. The lowest BCUT2D eigenvalue weighted by Gasteiger charge is -2.24. The van der Waals surface area contributed by atoms with Gasteiger partial charge in [0, 0.05) is 18.7 Å². The smallest absolute Gasteiger partial charge is 0.212 e. The molecule has 0 amide bonds. The molecule has 0 saturated carbocycles. The molecule has 0 aliphatic heterocycles. The molecule has 1 aromatic rings. The summed E-state index contributed by atoms with van der Waals surface area (Å²) in [5.41, 5.74) is 0.0391. The third-order valence-corrected chi connectivity index (χ3v) is 4.97. The maximum Gasteiger partial charge on any atom is 0.214 e. The molecule has 0 radical (unpaired) electrons. The van der Waals surface area contributed by atoms with Crippen LogP contribution in [-0.2, 0) is 10.0 Å². The lowest BCUT2D eigenvalue weighted by atomic mass is 10.1. The van der Waals surface area contributed by atoms with Crippen LogP contribution in [0.1, 0.15) is 31.9 Å². The van der Waals surface area contributed by atoms with E-state index in [1.165, 1.54) is 14.0 Å². The Morgan fingerprint density at radius 1 is 1.33 bits per heavy atom. The molecule has 0 bridgehead atoms. The van der Waals surface area contributed by atoms with Crippen LogP contribution in [0.25, 0.3) is 0 Å². The zero-order valence-electron chi connectivity index (χ0n) is 10.7. The summed E-state index contributed by atoms with van der Waals surface area (Å²) >= 11 is 0. The highest BCUT2D eigenvalue weighted by Gasteiger charge is 2.25. The van der Waals surface area contributed by atoms with Crippen LogP contribution in [0.3, 0.4) is 0 Å². The van der Waals surface area contributed by atoms with Gasteiger partial charge >= 0.3 is 0 Å². The summed E-state index contributed by atoms with van der Waals surface area (Å²) in [5.74, 6) is -1.20. The molecule has 1 atom stereocenters. The Balaban J connectivity index is 3.07. The van der Waals surface area contributed by atoms with Crippen LogP contribution in [0, 0.1) is 11.6 Å². The highest BCUT2D eigenvalue weighted by Crippen LogP contribution is 2.25. The lowest BCUT2D eigenvalue weighted by molar-refractivity contribution is 0.385. The maximum atomic E-state index is 13.6. The number of rotatable bonds is 5. The minimum absolute atomic E-state index is 0.00915. The van der Waals surface area contributed by atoms with Crippen molar-refractivity contribution in [2.24, 2.45) is 0 Å². The third-order valence-electron chi connectivity index (χ3n) is 2.85. The average molecular weight is 277 g/mol. The van der Waals surface area contributed by atoms with Crippen molar-refractivity contribution >= 4 is 10.0 Å². The van der Waals surface area contributed by atoms with Gasteiger partial charge in [-0.05, 0) is 31.5 Å². The van der Waals surface area contributed by atoms with E-state index in [9.17, 15) is 17.2 Å². The van der Waals surface area contributed by atoms with Gasteiger partial charge < -0.3 is 0 Å². The number of hydrogen-bond acceptors (Lipinski definition) is 2. The van der Waals surface area contributed by atoms with Crippen LogP contribution in [-0.4, -0.2) is 25.5 Å². The van der Waals surface area contributed by atoms with Crippen LogP contribution in [0.4, 0.5) is 8.78 Å². The summed E-state index contributed by atoms with van der Waals surface area (Å²) in [5, 5.41) is 0. The van der Waals surface area contributed by atoms with Crippen LogP contribution in [0.15, 0.2) is 18.2 Å². The van der Waals surface area contributed by atoms with E-state index in [-0.39, 0.29) is 11.3 Å². The Morgan fingerprint density at radius 2 is 1.94 bits per heavy atom. The summed E-state index contributed by atoms with van der Waals surface area (Å²) in [6.45, 7) is 3.28. The molecule has 0 aliphatic rings. The second-order valence-electron chi connectivity index (χ2n) is 4.17. The van der Waals surface area contributed by atoms with Gasteiger partial charge in [-0.25, -0.2) is 17.2 Å². The van der Waals surface area contributed by atoms with Gasteiger partial charge in [-0.3, -0.25) is 0 Å². The Labute approximate surface area is 106 Å². The Morgan fingerprint density at radius 3 is 2.50 bits per heavy atom. The van der Waals surface area contributed by atoms with Crippen molar-refractivity contribution in [2.75, 3.05) is 12.8 Å². The minimum Gasteiger partial charge on any atom is -0.212 e. The minimum atomic E-state index is -3.44. The SMILES string of the molecule is CCCS(=O)(=O)N(C)C(C)c1cc(F)ccc1F. The Bertz CT molecular complexity index is 517. The molecule has 0 aliphatic carbocycles. The molecule has 102 valence electrons. The molecule has 0 aromatic heterocycles. The largest absolute Gasteiger partial charge is 0.214 e. The van der Waals surface area contributed by atoms with Crippen molar-refractivity contribution in [1.29, 1.82) is 0 Å². The molecule has 18 heavy (non-hydrogen) atoms. The monoisotopic (exact) mass is 277 g/mol. The van der Waals surface area contributed by atoms with Crippen molar-refractivity contribution in [3.05, 3.63) is 35.4 Å². The van der Waals surface area contributed by atoms with Crippen LogP contribution < -0.4 is 0 Å². The van der Waals surface area contributed by atoms with E-state index >= 15 is 0 Å². The van der Waals surface area contributed by atoms with Crippen LogP contribution in [0.2, 0.25) is 0 Å². The van der Waals surface area contributed by atoms with Crippen molar-refractivity contribution in [3.63, 3.8) is 0 Å². The van der Waals surface area contributed by atoms with E-state index in [2.05, 4.69) is 0 Å². The summed E-state index contributed by atoms with van der Waals surface area (Å²) in [7, 11) is -2.07. The molecule has 1 rings (SSSR count). The van der Waals surface area contributed by atoms with E-state index in [0.29, 0.717) is 6.42 Å². The maximum absolute atomic E-state index is 13.6. The number of halogens is 2. The average Bonchev–Trinajstić information content (AvgIpc) is 2.30. The molecular formula is C12H17F2NO2S. The number of nitrogens with zero attached hydrogens (tertiary/aromatic N) is 1. The molecule has 1 unspecified atom stereocenters. The zero-order chi connectivity index (χ0) is 13.9. The Kier molecular flexibility index (Phi) is 4.81. The van der Waals surface area contributed by atoms with Gasteiger partial charge in [0.2, 0.25) is 10.0 Å². The molecule has 0 N–H and O–H groups in total. The summed E-state index contributed by atoms with van der Waals surface area (Å²) < 4.78 is 51.4. The first-order chi connectivity index (χ1) is 8.29. The fourth-order valence-electron chi connectivity index (χ4n) is 1.67. The topological polar surface area (TPSA) is 37.4 Å². The first-order valence-corrected chi connectivity index (χ1v) is 7.31. The highest BCUT2D eigenvalue weighted by molar-refractivity contribution is 7.89. The molecular weight excluding hydrogens is 260 g/mol. The number of hydrogen-bond donors (Lipinski definition) is 0. The predicted octanol–water partition coefficient (Wildman–Crippen LogP) is 2.70. The summed E-state index contributed by atoms with van der Waals surface area (Å²) in [4.78, 5) is 0. The molecule has 0 spiro atoms. The third kappa shape index (κ3) is 3.26. The van der Waals surface area contributed by atoms with Crippen molar-refractivity contribution in [1.82, 2.24) is 4.31 Å². The van der Waals surface area contributed by atoms with Gasteiger partial charge in [-0.15, -0.1) is 0 Å². The molecule has 0 fully saturated rings. The summed E-state index contributed by atoms with van der Waals surface area (Å²) in [6.07, 6.45) is 0.477. The van der Waals surface area contributed by atoms with E-state index in [0.717, 1.165) is 22.5 Å². The van der Waals surface area contributed by atoms with Gasteiger partial charge in [0.15, 0.2) is 0 Å². The van der Waals surface area contributed by atoms with E-state index < -0.39 is 27.7 Å². The molecule has 6 heteroatoms. The van der Waals surface area contributed by atoms with Crippen LogP contribution >= 0.6 is 0 Å². The molecule has 3 nitrogen and oxygen atoms in total. The lowest BCUT2D eigenvalue weighted by Crippen LogP contribution is -2.32. The van der Waals surface area contributed by atoms with E-state index in [1.807, 2.05) is 0 Å². The highest BCUT2D eigenvalue weighted by atomic mass is 32.2. The summed E-state index contributed by atoms with van der Waals surface area (Å²) in [6, 6.07) is 2.29. The second kappa shape index (κ2) is 5.75. The molecule has 0 saturated heterocycles. The van der Waals surface area contributed by atoms with Gasteiger partial charge in [-0.1, -0.05) is 6.92 Å². The number of sulfonamides is 1. The van der Waals surface area contributed by atoms with Gasteiger partial charge in [0.1, 0.15) is 11.6 Å². The van der Waals surface area contributed by atoms with E-state index in [4.69, 9.17) is 0 Å². The molecule has 0 heterocycles. The quantitative estimate of drug-likeness (QED) is 0.830.